The number of hydrogen-bond acceptors (Lipinski definition) is 2. The lowest BCUT2D eigenvalue weighted by molar-refractivity contribution is -0.115. The van der Waals surface area contributed by atoms with Crippen LogP contribution in [0.4, 0.5) is 15.8 Å². The smallest absolute Gasteiger partial charge is 0.243 e. The summed E-state index contributed by atoms with van der Waals surface area (Å²) in [4.78, 5) is 13.6. The minimum atomic E-state index is -0.366. The molecule has 1 atom stereocenters. The predicted molar refractivity (Wildman–Crippen MR) is 69.8 cm³/mol. The molecule has 0 aliphatic carbocycles. The summed E-state index contributed by atoms with van der Waals surface area (Å²) >= 11 is 3.17. The molecule has 92 valence electrons. The maximum absolute atomic E-state index is 13.4. The fourth-order valence-electron chi connectivity index (χ4n) is 1.92. The van der Waals surface area contributed by atoms with Gasteiger partial charge in [0.05, 0.1) is 22.4 Å². The van der Waals surface area contributed by atoms with Crippen LogP contribution < -0.4 is 10.2 Å². The summed E-state index contributed by atoms with van der Waals surface area (Å²) < 4.78 is 13.8. The van der Waals surface area contributed by atoms with Crippen molar-refractivity contribution in [2.24, 2.45) is 0 Å². The van der Waals surface area contributed by atoms with Gasteiger partial charge in [-0.25, -0.2) is 4.39 Å². The number of nitrogens with one attached hydrogen (secondary N) is 1. The van der Waals surface area contributed by atoms with Crippen molar-refractivity contribution < 1.29 is 9.18 Å². The van der Waals surface area contributed by atoms with Gasteiger partial charge in [-0.15, -0.1) is 0 Å². The molecule has 0 radical (unpaired) electrons. The van der Waals surface area contributed by atoms with Gasteiger partial charge < -0.3 is 10.2 Å². The Morgan fingerprint density at radius 1 is 1.59 bits per heavy atom. The fraction of sp³-hybridized carbons (Fsp3) is 0.417. The van der Waals surface area contributed by atoms with E-state index >= 15 is 0 Å². The Hall–Kier alpha value is -1.10. The van der Waals surface area contributed by atoms with Crippen LogP contribution in [0.15, 0.2) is 16.6 Å². The number of carbonyl (C=O) groups is 1. The van der Waals surface area contributed by atoms with Gasteiger partial charge in [0.25, 0.3) is 0 Å². The second-order valence-corrected chi connectivity index (χ2v) is 5.07. The zero-order valence-corrected chi connectivity index (χ0v) is 11.3. The Morgan fingerprint density at radius 2 is 2.29 bits per heavy atom. The van der Waals surface area contributed by atoms with Gasteiger partial charge in [-0.3, -0.25) is 4.79 Å². The van der Waals surface area contributed by atoms with E-state index in [1.165, 1.54) is 6.07 Å². The third kappa shape index (κ3) is 2.29. The summed E-state index contributed by atoms with van der Waals surface area (Å²) in [6.07, 6.45) is 0.932. The van der Waals surface area contributed by atoms with E-state index in [-0.39, 0.29) is 17.8 Å². The summed E-state index contributed by atoms with van der Waals surface area (Å²) in [5.41, 5.74) is 1.41. The molecule has 0 saturated heterocycles. The van der Waals surface area contributed by atoms with E-state index in [2.05, 4.69) is 35.1 Å². The predicted octanol–water partition coefficient (Wildman–Crippen LogP) is 3.15. The molecule has 0 saturated carbocycles. The monoisotopic (exact) mass is 300 g/mol. The van der Waals surface area contributed by atoms with Gasteiger partial charge in [-0.05, 0) is 35.3 Å². The number of halogens is 2. The second kappa shape index (κ2) is 4.64. The van der Waals surface area contributed by atoms with Crippen LogP contribution in [0, 0.1) is 5.82 Å². The molecule has 1 aliphatic heterocycles. The van der Waals surface area contributed by atoms with Crippen LogP contribution in [0.1, 0.15) is 20.3 Å². The summed E-state index contributed by atoms with van der Waals surface area (Å²) in [7, 11) is 0. The van der Waals surface area contributed by atoms with Gasteiger partial charge >= 0.3 is 0 Å². The van der Waals surface area contributed by atoms with Crippen LogP contribution in [-0.4, -0.2) is 18.5 Å². The first-order valence-electron chi connectivity index (χ1n) is 5.58. The molecule has 0 spiro atoms. The maximum Gasteiger partial charge on any atom is 0.243 e. The van der Waals surface area contributed by atoms with Gasteiger partial charge in [0.1, 0.15) is 5.82 Å². The third-order valence-electron chi connectivity index (χ3n) is 3.06. The summed E-state index contributed by atoms with van der Waals surface area (Å²) in [6, 6.07) is 3.32. The molecule has 3 nitrogen and oxygen atoms in total. The van der Waals surface area contributed by atoms with Crippen molar-refractivity contribution in [3.63, 3.8) is 0 Å². The number of benzene rings is 1. The number of nitrogens with zero attached hydrogens (tertiary/aromatic N) is 1. The number of anilines is 2. The highest BCUT2D eigenvalue weighted by atomic mass is 79.9. The van der Waals surface area contributed by atoms with Crippen molar-refractivity contribution in [1.82, 2.24) is 0 Å². The average Bonchev–Trinajstić information content (AvgIpc) is 2.29. The van der Waals surface area contributed by atoms with Crippen molar-refractivity contribution in [3.8, 4) is 0 Å². The lowest BCUT2D eigenvalue weighted by atomic mass is 10.1. The van der Waals surface area contributed by atoms with E-state index < -0.39 is 0 Å². The Labute approximate surface area is 108 Å². The van der Waals surface area contributed by atoms with Crippen molar-refractivity contribution in [2.45, 2.75) is 26.3 Å². The van der Waals surface area contributed by atoms with E-state index in [0.29, 0.717) is 16.7 Å². The van der Waals surface area contributed by atoms with Crippen molar-refractivity contribution in [1.29, 1.82) is 0 Å². The third-order valence-corrected chi connectivity index (χ3v) is 3.67. The normalized spacial score (nSPS) is 16.5. The summed E-state index contributed by atoms with van der Waals surface area (Å²) in [6.45, 7) is 4.44. The van der Waals surface area contributed by atoms with E-state index in [4.69, 9.17) is 0 Å². The van der Waals surface area contributed by atoms with Gasteiger partial charge in [-0.1, -0.05) is 6.92 Å². The van der Waals surface area contributed by atoms with Crippen LogP contribution in [-0.2, 0) is 4.79 Å². The molecule has 1 aromatic rings. The molecule has 1 heterocycles. The van der Waals surface area contributed by atoms with E-state index in [1.807, 2.05) is 4.90 Å². The molecule has 2 rings (SSSR count). The highest BCUT2D eigenvalue weighted by Gasteiger charge is 2.26. The number of rotatable bonds is 2. The first-order valence-corrected chi connectivity index (χ1v) is 6.37. The van der Waals surface area contributed by atoms with Crippen molar-refractivity contribution in [2.75, 3.05) is 16.8 Å². The zero-order valence-electron chi connectivity index (χ0n) is 9.76. The molecular formula is C12H14BrFN2O. The summed E-state index contributed by atoms with van der Waals surface area (Å²) in [5.74, 6) is -0.463. The maximum atomic E-state index is 13.4. The molecule has 0 fully saturated rings. The Bertz CT molecular complexity index is 464. The molecule has 0 bridgehead atoms. The molecule has 0 aromatic heterocycles. The van der Waals surface area contributed by atoms with Crippen molar-refractivity contribution >= 4 is 33.2 Å². The Balaban J connectivity index is 2.48. The zero-order chi connectivity index (χ0) is 12.6. The minimum absolute atomic E-state index is 0.0977. The van der Waals surface area contributed by atoms with E-state index in [9.17, 15) is 9.18 Å². The van der Waals surface area contributed by atoms with Gasteiger partial charge in [0, 0.05) is 12.1 Å². The Kier molecular flexibility index (Phi) is 3.38. The van der Waals surface area contributed by atoms with Crippen LogP contribution in [0.25, 0.3) is 0 Å². The first kappa shape index (κ1) is 12.4. The van der Waals surface area contributed by atoms with Crippen LogP contribution in [0.2, 0.25) is 0 Å². The highest BCUT2D eigenvalue weighted by molar-refractivity contribution is 9.10. The van der Waals surface area contributed by atoms with Gasteiger partial charge in [0.2, 0.25) is 5.91 Å². The average molecular weight is 301 g/mol. The highest BCUT2D eigenvalue weighted by Crippen LogP contribution is 2.35. The lowest BCUT2D eigenvalue weighted by Crippen LogP contribution is -2.43. The number of hydrogen-bond donors (Lipinski definition) is 1. The molecule has 0 unspecified atom stereocenters. The molecular weight excluding hydrogens is 287 g/mol. The van der Waals surface area contributed by atoms with E-state index in [0.717, 1.165) is 12.1 Å². The van der Waals surface area contributed by atoms with E-state index in [1.54, 1.807) is 6.07 Å². The molecule has 5 heteroatoms. The second-order valence-electron chi connectivity index (χ2n) is 4.22. The summed E-state index contributed by atoms with van der Waals surface area (Å²) in [5, 5.41) is 2.70. The van der Waals surface area contributed by atoms with Gasteiger partial charge in [0.15, 0.2) is 0 Å². The van der Waals surface area contributed by atoms with Crippen LogP contribution in [0.3, 0.4) is 0 Å². The molecule has 1 aliphatic rings. The van der Waals surface area contributed by atoms with Gasteiger partial charge in [-0.2, -0.15) is 0 Å². The fourth-order valence-corrected chi connectivity index (χ4v) is 2.25. The molecule has 17 heavy (non-hydrogen) atoms. The largest absolute Gasteiger partial charge is 0.358 e. The molecule has 1 amide bonds. The topological polar surface area (TPSA) is 32.3 Å². The lowest BCUT2D eigenvalue weighted by Gasteiger charge is -2.35. The molecule has 1 N–H and O–H groups in total. The first-order chi connectivity index (χ1) is 8.02. The van der Waals surface area contributed by atoms with Crippen LogP contribution >= 0.6 is 15.9 Å². The SMILES string of the molecule is CC[C@H](C)N1CC(=O)Nc2cc(F)c(Br)cc21. The van der Waals surface area contributed by atoms with Crippen molar-refractivity contribution in [3.05, 3.63) is 22.4 Å². The molecule has 1 aromatic carbocycles. The number of carbonyl (C=O) groups excluding carboxylic acids is 1. The Morgan fingerprint density at radius 3 is 2.94 bits per heavy atom. The van der Waals surface area contributed by atoms with Crippen LogP contribution in [0.5, 0.6) is 0 Å². The number of amides is 1. The standard InChI is InChI=1S/C12H14BrFN2O/c1-3-7(2)16-6-12(17)15-10-5-9(14)8(13)4-11(10)16/h4-5,7H,3,6H2,1-2H3,(H,15,17)/t7-/m0/s1. The quantitative estimate of drug-likeness (QED) is 0.910. The number of fused-ring (bicyclic) bond motifs is 1. The minimum Gasteiger partial charge on any atom is -0.358 e.